The normalized spacial score (nSPS) is 16.8. The fourth-order valence-corrected chi connectivity index (χ4v) is 4.66. The van der Waals surface area contributed by atoms with Crippen molar-refractivity contribution in [1.82, 2.24) is 4.68 Å². The Bertz CT molecular complexity index is 1240. The van der Waals surface area contributed by atoms with E-state index in [0.717, 1.165) is 41.1 Å². The maximum absolute atomic E-state index is 5.75. The van der Waals surface area contributed by atoms with Gasteiger partial charge in [-0.05, 0) is 29.5 Å². The molecule has 4 aromatic rings. The Hall–Kier alpha value is -3.28. The lowest BCUT2D eigenvalue weighted by Gasteiger charge is -2.06. The van der Waals surface area contributed by atoms with Crippen LogP contribution in [-0.4, -0.2) is 30.1 Å². The number of aromatic nitrogens is 1. The van der Waals surface area contributed by atoms with E-state index in [-0.39, 0.29) is 6.10 Å². The van der Waals surface area contributed by atoms with E-state index >= 15 is 0 Å². The van der Waals surface area contributed by atoms with E-state index in [1.54, 1.807) is 11.3 Å². The maximum atomic E-state index is 5.75. The van der Waals surface area contributed by atoms with E-state index < -0.39 is 0 Å². The van der Waals surface area contributed by atoms with Crippen LogP contribution >= 0.6 is 11.3 Å². The average molecular weight is 440 g/mol. The molecule has 0 saturated carbocycles. The summed E-state index contributed by atoms with van der Waals surface area (Å²) < 4.78 is 7.69. The summed E-state index contributed by atoms with van der Waals surface area (Å²) in [5, 5.41) is 6.95. The predicted molar refractivity (Wildman–Crippen MR) is 132 cm³/mol. The number of benzene rings is 3. The molecule has 160 valence electrons. The molecular weight excluding hydrogens is 414 g/mol. The molecular formula is C27H25N3OS. The zero-order valence-corrected chi connectivity index (χ0v) is 18.6. The Labute approximate surface area is 192 Å². The predicted octanol–water partition coefficient (Wildman–Crippen LogP) is 5.85. The molecule has 1 aliphatic heterocycles. The van der Waals surface area contributed by atoms with Gasteiger partial charge in [-0.2, -0.15) is 5.10 Å². The summed E-state index contributed by atoms with van der Waals surface area (Å²) in [5.41, 5.74) is 5.62. The number of thiazole rings is 1. The third-order valence-corrected chi connectivity index (χ3v) is 6.40. The van der Waals surface area contributed by atoms with Crippen molar-refractivity contribution < 1.29 is 4.74 Å². The first-order valence-electron chi connectivity index (χ1n) is 10.9. The summed E-state index contributed by atoms with van der Waals surface area (Å²) in [5.74, 6) is 0. The summed E-state index contributed by atoms with van der Waals surface area (Å²) in [6.07, 6.45) is 4.33. The van der Waals surface area contributed by atoms with Gasteiger partial charge in [0.1, 0.15) is 0 Å². The van der Waals surface area contributed by atoms with E-state index in [1.165, 1.54) is 11.1 Å². The molecule has 0 N–H and O–H groups in total. The Morgan fingerprint density at radius 1 is 0.875 bits per heavy atom. The lowest BCUT2D eigenvalue weighted by molar-refractivity contribution is 0.117. The molecule has 1 atom stereocenters. The zero-order valence-electron chi connectivity index (χ0n) is 17.8. The summed E-state index contributed by atoms with van der Waals surface area (Å²) in [6.45, 7) is 1.52. The molecule has 2 heterocycles. The molecule has 1 unspecified atom stereocenters. The molecule has 1 fully saturated rings. The highest BCUT2D eigenvalue weighted by atomic mass is 32.1. The Balaban J connectivity index is 1.45. The third kappa shape index (κ3) is 4.79. The second-order valence-electron chi connectivity index (χ2n) is 7.79. The highest BCUT2D eigenvalue weighted by Crippen LogP contribution is 2.21. The van der Waals surface area contributed by atoms with Gasteiger partial charge in [0.15, 0.2) is 0 Å². The minimum atomic E-state index is 0.222. The van der Waals surface area contributed by atoms with Gasteiger partial charge >= 0.3 is 0 Å². The van der Waals surface area contributed by atoms with E-state index in [9.17, 15) is 0 Å². The molecule has 0 aliphatic carbocycles. The monoisotopic (exact) mass is 439 g/mol. The van der Waals surface area contributed by atoms with Gasteiger partial charge in [0.05, 0.1) is 24.6 Å². The Morgan fingerprint density at radius 3 is 2.25 bits per heavy atom. The topological polar surface area (TPSA) is 38.9 Å². The SMILES string of the molecule is C(=N\n1c(-c2ccccc2)csc1=NCC1CCCO1)/c1ccc(-c2ccccc2)cc1. The number of hydrogen-bond acceptors (Lipinski definition) is 4. The Morgan fingerprint density at radius 2 is 1.56 bits per heavy atom. The third-order valence-electron chi connectivity index (χ3n) is 5.55. The first kappa shape index (κ1) is 20.6. The highest BCUT2D eigenvalue weighted by Gasteiger charge is 2.15. The van der Waals surface area contributed by atoms with Crippen LogP contribution in [0.2, 0.25) is 0 Å². The fourth-order valence-electron chi connectivity index (χ4n) is 3.81. The van der Waals surface area contributed by atoms with Gasteiger partial charge in [-0.3, -0.25) is 4.99 Å². The van der Waals surface area contributed by atoms with Crippen molar-refractivity contribution in [3.05, 3.63) is 101 Å². The minimum Gasteiger partial charge on any atom is -0.376 e. The molecule has 0 bridgehead atoms. The average Bonchev–Trinajstić information content (AvgIpc) is 3.53. The molecule has 0 amide bonds. The largest absolute Gasteiger partial charge is 0.376 e. The molecule has 32 heavy (non-hydrogen) atoms. The molecule has 4 nitrogen and oxygen atoms in total. The number of ether oxygens (including phenoxy) is 1. The first-order valence-corrected chi connectivity index (χ1v) is 11.8. The highest BCUT2D eigenvalue weighted by molar-refractivity contribution is 7.07. The van der Waals surface area contributed by atoms with Crippen LogP contribution in [0.4, 0.5) is 0 Å². The van der Waals surface area contributed by atoms with Crippen molar-refractivity contribution in [3.8, 4) is 22.4 Å². The van der Waals surface area contributed by atoms with E-state index in [1.807, 2.05) is 35.2 Å². The maximum Gasteiger partial charge on any atom is 0.206 e. The van der Waals surface area contributed by atoms with Gasteiger partial charge in [0.25, 0.3) is 0 Å². The van der Waals surface area contributed by atoms with Crippen molar-refractivity contribution in [3.63, 3.8) is 0 Å². The van der Waals surface area contributed by atoms with E-state index in [0.29, 0.717) is 6.54 Å². The zero-order chi connectivity index (χ0) is 21.6. The molecule has 5 rings (SSSR count). The molecule has 1 aromatic heterocycles. The van der Waals surface area contributed by atoms with Crippen molar-refractivity contribution in [1.29, 1.82) is 0 Å². The molecule has 1 saturated heterocycles. The minimum absolute atomic E-state index is 0.222. The molecule has 0 radical (unpaired) electrons. The lowest BCUT2D eigenvalue weighted by atomic mass is 10.0. The summed E-state index contributed by atoms with van der Waals surface area (Å²) in [4.78, 5) is 5.73. The number of nitrogens with zero attached hydrogens (tertiary/aromatic N) is 3. The van der Waals surface area contributed by atoms with Crippen molar-refractivity contribution in [2.45, 2.75) is 18.9 Å². The summed E-state index contributed by atoms with van der Waals surface area (Å²) in [6, 6.07) is 29.2. The van der Waals surface area contributed by atoms with Gasteiger partial charge in [-0.25, -0.2) is 4.68 Å². The van der Waals surface area contributed by atoms with Crippen LogP contribution in [0.5, 0.6) is 0 Å². The van der Waals surface area contributed by atoms with Gasteiger partial charge in [0, 0.05) is 17.6 Å². The van der Waals surface area contributed by atoms with Crippen LogP contribution in [0.25, 0.3) is 22.4 Å². The van der Waals surface area contributed by atoms with Gasteiger partial charge < -0.3 is 4.74 Å². The van der Waals surface area contributed by atoms with Crippen LogP contribution in [0.15, 0.2) is 100 Å². The molecule has 3 aromatic carbocycles. The molecule has 0 spiro atoms. The summed E-state index contributed by atoms with van der Waals surface area (Å²) >= 11 is 1.62. The second kappa shape index (κ2) is 9.90. The van der Waals surface area contributed by atoms with Crippen molar-refractivity contribution in [2.24, 2.45) is 10.1 Å². The fraction of sp³-hybridized carbons (Fsp3) is 0.185. The molecule has 1 aliphatic rings. The van der Waals surface area contributed by atoms with Gasteiger partial charge in [0.2, 0.25) is 4.80 Å². The van der Waals surface area contributed by atoms with Crippen LogP contribution < -0.4 is 4.80 Å². The smallest absolute Gasteiger partial charge is 0.206 e. The number of rotatable bonds is 6. The van der Waals surface area contributed by atoms with Crippen LogP contribution in [0.1, 0.15) is 18.4 Å². The summed E-state index contributed by atoms with van der Waals surface area (Å²) in [7, 11) is 0. The van der Waals surface area contributed by atoms with Gasteiger partial charge in [-0.1, -0.05) is 84.9 Å². The Kier molecular flexibility index (Phi) is 6.37. The quantitative estimate of drug-likeness (QED) is 0.348. The van der Waals surface area contributed by atoms with Crippen LogP contribution in [-0.2, 0) is 4.74 Å². The first-order chi connectivity index (χ1) is 15.9. The van der Waals surface area contributed by atoms with Crippen molar-refractivity contribution in [2.75, 3.05) is 13.2 Å². The standard InChI is InChI=1S/C27H25N3OS/c1-3-8-22(9-4-1)23-15-13-21(14-16-23)18-29-30-26(24-10-5-2-6-11-24)20-32-27(30)28-19-25-12-7-17-31-25/h1-6,8-11,13-16,18,20,25H,7,12,17,19H2/b28-27?,29-18+. The molecule has 5 heteroatoms. The van der Waals surface area contributed by atoms with Gasteiger partial charge in [-0.15, -0.1) is 11.3 Å². The second-order valence-corrected chi connectivity index (χ2v) is 8.63. The lowest BCUT2D eigenvalue weighted by Crippen LogP contribution is -2.17. The van der Waals surface area contributed by atoms with E-state index in [4.69, 9.17) is 14.8 Å². The van der Waals surface area contributed by atoms with Crippen LogP contribution in [0.3, 0.4) is 0 Å². The van der Waals surface area contributed by atoms with Crippen molar-refractivity contribution >= 4 is 17.6 Å². The number of hydrogen-bond donors (Lipinski definition) is 0. The van der Waals surface area contributed by atoms with E-state index in [2.05, 4.69) is 66.0 Å². The van der Waals surface area contributed by atoms with Crippen LogP contribution in [0, 0.1) is 0 Å².